The first-order chi connectivity index (χ1) is 15.8. The second kappa shape index (κ2) is 11.4. The van der Waals surface area contributed by atoms with Gasteiger partial charge in [0.1, 0.15) is 6.61 Å². The zero-order chi connectivity index (χ0) is 23.8. The van der Waals surface area contributed by atoms with Gasteiger partial charge >= 0.3 is 6.09 Å². The largest absolute Gasteiger partial charge is 0.445 e. The van der Waals surface area contributed by atoms with Crippen LogP contribution in [0.25, 0.3) is 0 Å². The molecular weight excluding hydrogens is 424 g/mol. The third-order valence-corrected chi connectivity index (χ3v) is 5.70. The monoisotopic (exact) mass is 454 g/mol. The van der Waals surface area contributed by atoms with Crippen LogP contribution in [0.5, 0.6) is 0 Å². The Kier molecular flexibility index (Phi) is 8.34. The molecule has 2 unspecified atom stereocenters. The van der Waals surface area contributed by atoms with Gasteiger partial charge in [0.25, 0.3) is 5.91 Å². The Labute approximate surface area is 192 Å². The lowest BCUT2D eigenvalue weighted by Gasteiger charge is -2.24. The molecule has 2 atom stereocenters. The van der Waals surface area contributed by atoms with E-state index in [9.17, 15) is 19.2 Å². The van der Waals surface area contributed by atoms with E-state index in [0.29, 0.717) is 19.4 Å². The van der Waals surface area contributed by atoms with Gasteiger partial charge < -0.3 is 15.4 Å². The minimum absolute atomic E-state index is 0.0840. The van der Waals surface area contributed by atoms with Gasteiger partial charge in [-0.3, -0.25) is 19.1 Å². The molecule has 0 fully saturated rings. The first kappa shape index (κ1) is 24.2. The van der Waals surface area contributed by atoms with Gasteiger partial charge in [-0.05, 0) is 30.4 Å². The highest BCUT2D eigenvalue weighted by Crippen LogP contribution is 2.19. The summed E-state index contributed by atoms with van der Waals surface area (Å²) in [4.78, 5) is 50.4. The lowest BCUT2D eigenvalue weighted by Crippen LogP contribution is -2.46. The molecule has 1 aromatic carbocycles. The van der Waals surface area contributed by atoms with Crippen LogP contribution in [0.4, 0.5) is 4.79 Å². The molecule has 2 N–H and O–H groups in total. The number of nitrogens with zero attached hydrogens (tertiary/aromatic N) is 2. The van der Waals surface area contributed by atoms with Crippen molar-refractivity contribution in [2.45, 2.75) is 52.3 Å². The predicted octanol–water partition coefficient (Wildman–Crippen LogP) is 2.04. The molecule has 2 heterocycles. The molecule has 33 heavy (non-hydrogen) atoms. The van der Waals surface area contributed by atoms with Crippen molar-refractivity contribution in [3.63, 3.8) is 0 Å². The number of Topliss-reactive ketones (excluding diaryl/α,β-unsaturated/α-hetero) is 2. The second-order valence-electron chi connectivity index (χ2n) is 8.50. The van der Waals surface area contributed by atoms with Crippen molar-refractivity contribution in [2.24, 2.45) is 11.8 Å². The smallest absolute Gasteiger partial charge is 0.408 e. The Morgan fingerprint density at radius 3 is 2.70 bits per heavy atom. The summed E-state index contributed by atoms with van der Waals surface area (Å²) in [6.07, 6.45) is 1.70. The number of benzene rings is 1. The van der Waals surface area contributed by atoms with Gasteiger partial charge in [-0.1, -0.05) is 44.2 Å². The number of carbonyl (C=O) groups excluding carboxylic acids is 4. The van der Waals surface area contributed by atoms with Crippen LogP contribution in [-0.4, -0.2) is 45.9 Å². The van der Waals surface area contributed by atoms with Crippen LogP contribution in [-0.2, 0) is 38.7 Å². The number of aromatic nitrogens is 2. The van der Waals surface area contributed by atoms with Gasteiger partial charge in [0.15, 0.2) is 5.78 Å². The summed E-state index contributed by atoms with van der Waals surface area (Å²) in [5, 5.41) is 9.47. The number of amides is 2. The topological polar surface area (TPSA) is 119 Å². The molecule has 1 aliphatic heterocycles. The van der Waals surface area contributed by atoms with E-state index in [2.05, 4.69) is 15.7 Å². The highest BCUT2D eigenvalue weighted by Gasteiger charge is 2.32. The number of fused-ring (bicyclic) bond motifs is 1. The average Bonchev–Trinajstić information content (AvgIpc) is 3.25. The molecule has 0 saturated carbocycles. The third-order valence-electron chi connectivity index (χ3n) is 5.70. The maximum atomic E-state index is 13.1. The summed E-state index contributed by atoms with van der Waals surface area (Å²) in [7, 11) is 0. The van der Waals surface area contributed by atoms with Gasteiger partial charge in [-0.15, -0.1) is 0 Å². The van der Waals surface area contributed by atoms with Crippen molar-refractivity contribution < 1.29 is 23.9 Å². The molecule has 1 aromatic heterocycles. The fourth-order valence-electron chi connectivity index (χ4n) is 3.85. The van der Waals surface area contributed by atoms with Crippen LogP contribution >= 0.6 is 0 Å². The van der Waals surface area contributed by atoms with E-state index in [1.54, 1.807) is 24.7 Å². The lowest BCUT2D eigenvalue weighted by atomic mass is 9.87. The van der Waals surface area contributed by atoms with E-state index in [1.807, 2.05) is 36.4 Å². The second-order valence-corrected chi connectivity index (χ2v) is 8.50. The zero-order valence-electron chi connectivity index (χ0n) is 19.0. The molecule has 176 valence electrons. The van der Waals surface area contributed by atoms with Crippen LogP contribution in [0, 0.1) is 11.8 Å². The van der Waals surface area contributed by atoms with Gasteiger partial charge in [0, 0.05) is 30.8 Å². The number of ketones is 2. The minimum atomic E-state index is -0.829. The summed E-state index contributed by atoms with van der Waals surface area (Å²) in [5.74, 6) is -2.60. The maximum Gasteiger partial charge on any atom is 0.408 e. The zero-order valence-corrected chi connectivity index (χ0v) is 19.0. The van der Waals surface area contributed by atoms with Crippen LogP contribution in [0.15, 0.2) is 42.6 Å². The van der Waals surface area contributed by atoms with Crippen LogP contribution in [0.3, 0.4) is 0 Å². The molecule has 1 aliphatic rings. The summed E-state index contributed by atoms with van der Waals surface area (Å²) >= 11 is 0. The van der Waals surface area contributed by atoms with E-state index in [0.717, 1.165) is 11.3 Å². The van der Waals surface area contributed by atoms with Crippen molar-refractivity contribution in [1.29, 1.82) is 0 Å². The molecule has 9 heteroatoms. The number of carbonyl (C=O) groups is 4. The molecule has 9 nitrogen and oxygen atoms in total. The Morgan fingerprint density at radius 2 is 1.97 bits per heavy atom. The van der Waals surface area contributed by atoms with Crippen molar-refractivity contribution in [1.82, 2.24) is 20.4 Å². The molecule has 0 saturated heterocycles. The first-order valence-corrected chi connectivity index (χ1v) is 11.2. The molecule has 0 spiro atoms. The molecular formula is C24H30N4O5. The van der Waals surface area contributed by atoms with Crippen LogP contribution in [0.2, 0.25) is 0 Å². The number of hydrogen-bond acceptors (Lipinski definition) is 6. The van der Waals surface area contributed by atoms with Gasteiger partial charge in [-0.2, -0.15) is 5.10 Å². The Hall–Kier alpha value is -3.49. The Bertz CT molecular complexity index is 986. The minimum Gasteiger partial charge on any atom is -0.445 e. The number of rotatable bonds is 7. The molecule has 2 amide bonds. The standard InChI is InChI=1S/C24H30N4O5/c1-16(2)21(27-24(32)33-15-17-6-4-3-5-7-17)20(29)14-18-8-9-19-10-11-26-28(19)13-12-25-23(31)22(18)30/h3-7,10-11,16,18,21H,8-9,12-15H2,1-2H3,(H,25,31)(H,27,32). The Balaban J connectivity index is 1.64. The summed E-state index contributed by atoms with van der Waals surface area (Å²) < 4.78 is 7.03. The summed E-state index contributed by atoms with van der Waals surface area (Å²) in [6, 6.07) is 10.3. The maximum absolute atomic E-state index is 13.1. The van der Waals surface area contributed by atoms with Crippen molar-refractivity contribution in [3.05, 3.63) is 53.9 Å². The Morgan fingerprint density at radius 1 is 1.21 bits per heavy atom. The highest BCUT2D eigenvalue weighted by atomic mass is 16.5. The van der Waals surface area contributed by atoms with Gasteiger partial charge in [-0.25, -0.2) is 4.79 Å². The molecule has 3 rings (SSSR count). The van der Waals surface area contributed by atoms with Crippen molar-refractivity contribution >= 4 is 23.6 Å². The quantitative estimate of drug-likeness (QED) is 0.618. The third kappa shape index (κ3) is 6.74. The molecule has 0 bridgehead atoms. The van der Waals surface area contributed by atoms with E-state index >= 15 is 0 Å². The van der Waals surface area contributed by atoms with Crippen molar-refractivity contribution in [2.75, 3.05) is 6.54 Å². The normalized spacial score (nSPS) is 17.6. The van der Waals surface area contributed by atoms with Gasteiger partial charge in [0.2, 0.25) is 5.78 Å². The van der Waals surface area contributed by atoms with E-state index in [4.69, 9.17) is 4.74 Å². The number of ether oxygens (including phenoxy) is 1. The van der Waals surface area contributed by atoms with E-state index in [-0.39, 0.29) is 31.3 Å². The van der Waals surface area contributed by atoms with E-state index in [1.165, 1.54) is 0 Å². The first-order valence-electron chi connectivity index (χ1n) is 11.2. The predicted molar refractivity (Wildman–Crippen MR) is 120 cm³/mol. The number of alkyl carbamates (subject to hydrolysis) is 1. The fourth-order valence-corrected chi connectivity index (χ4v) is 3.85. The fraction of sp³-hybridized carbons (Fsp3) is 0.458. The van der Waals surface area contributed by atoms with E-state index < -0.39 is 29.7 Å². The highest BCUT2D eigenvalue weighted by molar-refractivity contribution is 6.37. The van der Waals surface area contributed by atoms with Crippen molar-refractivity contribution in [3.8, 4) is 0 Å². The summed E-state index contributed by atoms with van der Waals surface area (Å²) in [6.45, 7) is 4.46. The lowest BCUT2D eigenvalue weighted by molar-refractivity contribution is -0.141. The van der Waals surface area contributed by atoms with Gasteiger partial charge in [0.05, 0.1) is 12.6 Å². The number of aryl methyl sites for hydroxylation is 1. The summed E-state index contributed by atoms with van der Waals surface area (Å²) in [5.41, 5.74) is 1.77. The number of nitrogens with one attached hydrogen (secondary N) is 2. The van der Waals surface area contributed by atoms with Crippen LogP contribution < -0.4 is 10.6 Å². The SMILES string of the molecule is CC(C)C(NC(=O)OCc1ccccc1)C(=O)CC1CCc2ccnn2CCNC(=O)C1=O. The van der Waals surface area contributed by atoms with Crippen LogP contribution in [0.1, 0.15) is 37.9 Å². The molecule has 2 aromatic rings. The molecule has 0 radical (unpaired) electrons. The molecule has 0 aliphatic carbocycles. The number of hydrogen-bond donors (Lipinski definition) is 2. The average molecular weight is 455 g/mol.